The maximum Gasteiger partial charge on any atom is 0.129 e. The molecule has 5 heteroatoms. The molecule has 2 aromatic rings. The van der Waals surface area contributed by atoms with E-state index in [1.54, 1.807) is 13.1 Å². The molecular weight excluding hydrogens is 212 g/mol. The van der Waals surface area contributed by atoms with E-state index in [9.17, 15) is 8.78 Å². The number of rotatable bonds is 2. The summed E-state index contributed by atoms with van der Waals surface area (Å²) in [6, 6.07) is 4.90. The Labute approximate surface area is 91.2 Å². The molecule has 82 valence electrons. The Balaban J connectivity index is 2.49. The van der Waals surface area contributed by atoms with Crippen LogP contribution in [0.3, 0.4) is 0 Å². The minimum absolute atomic E-state index is 0.386. The molecule has 0 spiro atoms. The van der Waals surface area contributed by atoms with Gasteiger partial charge in [-0.1, -0.05) is 0 Å². The number of nitrogens with zero attached hydrogens (tertiary/aromatic N) is 2. The molecule has 0 aliphatic rings. The third-order valence-corrected chi connectivity index (χ3v) is 2.08. The van der Waals surface area contributed by atoms with Crippen LogP contribution in [0.25, 0.3) is 11.3 Å². The summed E-state index contributed by atoms with van der Waals surface area (Å²) >= 11 is 0. The lowest BCUT2D eigenvalue weighted by atomic mass is 10.1. The minimum atomic E-state index is -0.625. The van der Waals surface area contributed by atoms with Crippen LogP contribution in [0.4, 0.5) is 14.6 Å². The lowest BCUT2D eigenvalue weighted by Gasteiger charge is -2.03. The van der Waals surface area contributed by atoms with E-state index in [4.69, 9.17) is 0 Å². The van der Waals surface area contributed by atoms with E-state index in [2.05, 4.69) is 15.3 Å². The van der Waals surface area contributed by atoms with Crippen molar-refractivity contribution in [1.82, 2.24) is 9.97 Å². The molecule has 0 aliphatic heterocycles. The first kappa shape index (κ1) is 10.5. The number of nitrogens with one attached hydrogen (secondary N) is 1. The smallest absolute Gasteiger partial charge is 0.129 e. The SMILES string of the molecule is CNc1cc(-c2cc(F)cc(F)c2)ncn1. The molecule has 0 fully saturated rings. The fraction of sp³-hybridized carbons (Fsp3) is 0.0909. The molecule has 2 rings (SSSR count). The maximum atomic E-state index is 13.0. The molecule has 0 atom stereocenters. The largest absolute Gasteiger partial charge is 0.373 e. The van der Waals surface area contributed by atoms with Gasteiger partial charge in [-0.15, -0.1) is 0 Å². The lowest BCUT2D eigenvalue weighted by molar-refractivity contribution is 0.584. The fourth-order valence-electron chi connectivity index (χ4n) is 1.35. The van der Waals surface area contributed by atoms with Gasteiger partial charge in [0.2, 0.25) is 0 Å². The van der Waals surface area contributed by atoms with E-state index in [0.717, 1.165) is 6.07 Å². The summed E-state index contributed by atoms with van der Waals surface area (Å²) in [5.74, 6) is -0.658. The van der Waals surface area contributed by atoms with Gasteiger partial charge in [0.15, 0.2) is 0 Å². The van der Waals surface area contributed by atoms with Crippen LogP contribution in [0.5, 0.6) is 0 Å². The second-order valence-electron chi connectivity index (χ2n) is 3.20. The highest BCUT2D eigenvalue weighted by Gasteiger charge is 2.05. The van der Waals surface area contributed by atoms with Crippen LogP contribution in [-0.2, 0) is 0 Å². The molecule has 0 aliphatic carbocycles. The Bertz CT molecular complexity index is 494. The number of aromatic nitrogens is 2. The number of hydrogen-bond donors (Lipinski definition) is 1. The fourth-order valence-corrected chi connectivity index (χ4v) is 1.35. The summed E-state index contributed by atoms with van der Waals surface area (Å²) in [5, 5.41) is 2.83. The molecule has 0 unspecified atom stereocenters. The zero-order valence-electron chi connectivity index (χ0n) is 8.54. The average molecular weight is 221 g/mol. The summed E-state index contributed by atoms with van der Waals surface area (Å²) < 4.78 is 26.0. The Morgan fingerprint density at radius 1 is 1.00 bits per heavy atom. The van der Waals surface area contributed by atoms with Crippen molar-refractivity contribution in [1.29, 1.82) is 0 Å². The highest BCUT2D eigenvalue weighted by molar-refractivity contribution is 5.62. The monoisotopic (exact) mass is 221 g/mol. The van der Waals surface area contributed by atoms with Gasteiger partial charge in [-0.25, -0.2) is 18.7 Å². The van der Waals surface area contributed by atoms with Crippen LogP contribution in [0.15, 0.2) is 30.6 Å². The molecule has 0 bridgehead atoms. The predicted octanol–water partition coefficient (Wildman–Crippen LogP) is 2.46. The Morgan fingerprint density at radius 3 is 2.31 bits per heavy atom. The summed E-state index contributed by atoms with van der Waals surface area (Å²) in [4.78, 5) is 7.87. The third-order valence-electron chi connectivity index (χ3n) is 2.08. The molecule has 0 radical (unpaired) electrons. The molecule has 1 heterocycles. The normalized spacial score (nSPS) is 10.2. The van der Waals surface area contributed by atoms with Crippen LogP contribution < -0.4 is 5.32 Å². The summed E-state index contributed by atoms with van der Waals surface area (Å²) in [6.45, 7) is 0. The molecule has 1 N–H and O–H groups in total. The van der Waals surface area contributed by atoms with Crippen molar-refractivity contribution in [2.45, 2.75) is 0 Å². The molecule has 0 saturated heterocycles. The second-order valence-corrected chi connectivity index (χ2v) is 3.20. The predicted molar refractivity (Wildman–Crippen MR) is 56.9 cm³/mol. The van der Waals surface area contributed by atoms with E-state index < -0.39 is 11.6 Å². The third kappa shape index (κ3) is 2.13. The summed E-state index contributed by atoms with van der Waals surface area (Å²) in [5.41, 5.74) is 0.856. The van der Waals surface area contributed by atoms with Crippen molar-refractivity contribution >= 4 is 5.82 Å². The van der Waals surface area contributed by atoms with Gasteiger partial charge >= 0.3 is 0 Å². The molecule has 16 heavy (non-hydrogen) atoms. The molecule has 3 nitrogen and oxygen atoms in total. The number of halogens is 2. The molecular formula is C11H9F2N3. The minimum Gasteiger partial charge on any atom is -0.373 e. The van der Waals surface area contributed by atoms with E-state index >= 15 is 0 Å². The number of hydrogen-bond acceptors (Lipinski definition) is 3. The van der Waals surface area contributed by atoms with Gasteiger partial charge in [0.1, 0.15) is 23.8 Å². The lowest BCUT2D eigenvalue weighted by Crippen LogP contribution is -1.94. The van der Waals surface area contributed by atoms with Crippen molar-refractivity contribution in [3.8, 4) is 11.3 Å². The first-order valence-corrected chi connectivity index (χ1v) is 4.65. The van der Waals surface area contributed by atoms with Gasteiger partial charge < -0.3 is 5.32 Å². The van der Waals surface area contributed by atoms with E-state index in [1.807, 2.05) is 0 Å². The van der Waals surface area contributed by atoms with Crippen molar-refractivity contribution < 1.29 is 8.78 Å². The quantitative estimate of drug-likeness (QED) is 0.846. The van der Waals surface area contributed by atoms with Crippen molar-refractivity contribution in [3.05, 3.63) is 42.2 Å². The van der Waals surface area contributed by atoms with Gasteiger partial charge in [-0.3, -0.25) is 0 Å². The average Bonchev–Trinajstić information content (AvgIpc) is 2.28. The van der Waals surface area contributed by atoms with Crippen LogP contribution in [-0.4, -0.2) is 17.0 Å². The Hall–Kier alpha value is -2.04. The molecule has 1 aromatic carbocycles. The van der Waals surface area contributed by atoms with E-state index in [0.29, 0.717) is 17.1 Å². The second kappa shape index (κ2) is 4.22. The van der Waals surface area contributed by atoms with Crippen LogP contribution in [0.2, 0.25) is 0 Å². The van der Waals surface area contributed by atoms with Crippen LogP contribution in [0.1, 0.15) is 0 Å². The van der Waals surface area contributed by atoms with E-state index in [-0.39, 0.29) is 0 Å². The first-order chi connectivity index (χ1) is 7.69. The number of anilines is 1. The van der Waals surface area contributed by atoms with Gasteiger partial charge in [0, 0.05) is 24.7 Å². The highest BCUT2D eigenvalue weighted by atomic mass is 19.1. The molecule has 1 aromatic heterocycles. The van der Waals surface area contributed by atoms with Crippen LogP contribution in [0, 0.1) is 11.6 Å². The topological polar surface area (TPSA) is 37.8 Å². The zero-order chi connectivity index (χ0) is 11.5. The number of benzene rings is 1. The van der Waals surface area contributed by atoms with Crippen LogP contribution >= 0.6 is 0 Å². The van der Waals surface area contributed by atoms with Crippen molar-refractivity contribution in [2.75, 3.05) is 12.4 Å². The van der Waals surface area contributed by atoms with Gasteiger partial charge in [0.05, 0.1) is 5.69 Å². The molecule has 0 amide bonds. The Morgan fingerprint density at radius 2 is 1.69 bits per heavy atom. The molecule has 0 saturated carbocycles. The Kier molecular flexibility index (Phi) is 2.76. The standard InChI is InChI=1S/C11H9F2N3/c1-14-11-5-10(15-6-16-11)7-2-8(12)4-9(13)3-7/h2-6H,1H3,(H,14,15,16). The summed E-state index contributed by atoms with van der Waals surface area (Å²) in [7, 11) is 1.71. The van der Waals surface area contributed by atoms with E-state index in [1.165, 1.54) is 18.5 Å². The highest BCUT2D eigenvalue weighted by Crippen LogP contribution is 2.20. The maximum absolute atomic E-state index is 13.0. The van der Waals surface area contributed by atoms with Gasteiger partial charge in [-0.2, -0.15) is 0 Å². The summed E-state index contributed by atoms with van der Waals surface area (Å²) in [6.07, 6.45) is 1.34. The van der Waals surface area contributed by atoms with Crippen molar-refractivity contribution in [2.24, 2.45) is 0 Å². The van der Waals surface area contributed by atoms with Gasteiger partial charge in [-0.05, 0) is 12.1 Å². The van der Waals surface area contributed by atoms with Gasteiger partial charge in [0.25, 0.3) is 0 Å². The first-order valence-electron chi connectivity index (χ1n) is 4.65. The zero-order valence-corrected chi connectivity index (χ0v) is 8.54. The van der Waals surface area contributed by atoms with Crippen molar-refractivity contribution in [3.63, 3.8) is 0 Å².